The van der Waals surface area contributed by atoms with Crippen molar-refractivity contribution in [2.75, 3.05) is 0 Å². The molecule has 0 spiro atoms. The second-order valence-electron chi connectivity index (χ2n) is 4.29. The predicted molar refractivity (Wildman–Crippen MR) is 76.9 cm³/mol. The number of carbonyl (C=O) groups excluding carboxylic acids is 1. The van der Waals surface area contributed by atoms with Crippen LogP contribution in [0, 0.1) is 0 Å². The maximum absolute atomic E-state index is 11.0. The van der Waals surface area contributed by atoms with E-state index < -0.39 is 12.2 Å². The summed E-state index contributed by atoms with van der Waals surface area (Å²) in [6, 6.07) is 9.19. The lowest BCUT2D eigenvalue weighted by atomic mass is 10.2. The molecule has 7 heteroatoms. The Bertz CT molecular complexity index is 611. The minimum Gasteiger partial charge on any atom is -0.393 e. The number of primary amides is 1. The van der Waals surface area contributed by atoms with Crippen molar-refractivity contribution in [2.24, 2.45) is 5.73 Å². The molecule has 1 heterocycles. The number of amides is 1. The molecule has 20 heavy (non-hydrogen) atoms. The van der Waals surface area contributed by atoms with E-state index in [2.05, 4.69) is 21.0 Å². The van der Waals surface area contributed by atoms with Crippen molar-refractivity contribution in [2.45, 2.75) is 19.4 Å². The first kappa shape index (κ1) is 14.5. The second-order valence-corrected chi connectivity index (χ2v) is 5.08. The number of carbonyl (C=O) groups is 1. The van der Waals surface area contributed by atoms with Gasteiger partial charge in [0.05, 0.1) is 17.5 Å². The number of hydrogen-bond acceptors (Lipinski definition) is 4. The fourth-order valence-electron chi connectivity index (χ4n) is 1.76. The van der Waals surface area contributed by atoms with E-state index in [1.807, 2.05) is 30.3 Å². The zero-order valence-electron chi connectivity index (χ0n) is 10.8. The molecule has 0 aliphatic heterocycles. The van der Waals surface area contributed by atoms with E-state index in [4.69, 9.17) is 10.5 Å². The van der Waals surface area contributed by atoms with Crippen LogP contribution in [0.2, 0.25) is 0 Å². The number of ether oxygens (including phenoxy) is 1. The highest BCUT2D eigenvalue weighted by Gasteiger charge is 2.21. The molecule has 1 aromatic heterocycles. The van der Waals surface area contributed by atoms with Crippen LogP contribution >= 0.6 is 15.9 Å². The van der Waals surface area contributed by atoms with Crippen molar-refractivity contribution in [1.82, 2.24) is 9.78 Å². The fraction of sp³-hybridized carbons (Fsp3) is 0.231. The van der Waals surface area contributed by atoms with Crippen LogP contribution in [0.15, 0.2) is 34.8 Å². The van der Waals surface area contributed by atoms with Crippen LogP contribution in [-0.4, -0.2) is 27.1 Å². The van der Waals surface area contributed by atoms with Crippen LogP contribution < -0.4 is 10.5 Å². The number of nitrogens with zero attached hydrogens (tertiary/aromatic N) is 2. The van der Waals surface area contributed by atoms with Gasteiger partial charge in [-0.05, 0) is 35.0 Å². The summed E-state index contributed by atoms with van der Waals surface area (Å²) in [6.07, 6.45) is -1.16. The maximum atomic E-state index is 11.0. The molecule has 0 aliphatic carbocycles. The summed E-state index contributed by atoms with van der Waals surface area (Å²) in [7, 11) is 0. The predicted octanol–water partition coefficient (Wildman–Crippen LogP) is 2.02. The average molecular weight is 340 g/mol. The van der Waals surface area contributed by atoms with E-state index in [1.54, 1.807) is 6.92 Å². The van der Waals surface area contributed by atoms with Gasteiger partial charge in [0, 0.05) is 6.42 Å². The van der Waals surface area contributed by atoms with Gasteiger partial charge in [0.25, 0.3) is 0 Å². The van der Waals surface area contributed by atoms with Crippen LogP contribution in [0.5, 0.6) is 5.88 Å². The zero-order chi connectivity index (χ0) is 14.7. The number of aliphatic hydroxyl groups excluding tert-OH is 1. The van der Waals surface area contributed by atoms with Gasteiger partial charge in [0.15, 0.2) is 0 Å². The average Bonchev–Trinajstić information content (AvgIpc) is 2.68. The molecular weight excluding hydrogens is 326 g/mol. The van der Waals surface area contributed by atoms with Gasteiger partial charge in [0.2, 0.25) is 5.88 Å². The van der Waals surface area contributed by atoms with E-state index in [0.29, 0.717) is 16.6 Å². The van der Waals surface area contributed by atoms with Crippen LogP contribution in [0.3, 0.4) is 0 Å². The number of halogens is 1. The summed E-state index contributed by atoms with van der Waals surface area (Å²) in [5, 5.41) is 13.8. The molecule has 6 nitrogen and oxygen atoms in total. The Morgan fingerprint density at radius 2 is 2.15 bits per heavy atom. The summed E-state index contributed by atoms with van der Waals surface area (Å²) in [5.74, 6) is 0.194. The molecule has 3 N–H and O–H groups in total. The second kappa shape index (κ2) is 6.06. The van der Waals surface area contributed by atoms with Crippen LogP contribution in [-0.2, 0) is 6.42 Å². The molecule has 1 amide bonds. The minimum atomic E-state index is -0.925. The lowest BCUT2D eigenvalue weighted by molar-refractivity contribution is 0.194. The number of rotatable bonds is 4. The van der Waals surface area contributed by atoms with Gasteiger partial charge < -0.3 is 15.6 Å². The Morgan fingerprint density at radius 3 is 2.70 bits per heavy atom. The SMILES string of the molecule is CC(O)Cc1nn(-c2ccccc2)c(OC(N)=O)c1Br. The molecule has 2 aromatic rings. The summed E-state index contributed by atoms with van der Waals surface area (Å²) in [6.45, 7) is 1.66. The number of aromatic nitrogens is 2. The number of nitrogens with two attached hydrogens (primary N) is 1. The number of aliphatic hydroxyl groups is 1. The summed E-state index contributed by atoms with van der Waals surface area (Å²) < 4.78 is 6.97. The normalized spacial score (nSPS) is 12.2. The molecule has 1 unspecified atom stereocenters. The molecule has 0 radical (unpaired) electrons. The molecule has 106 valence electrons. The van der Waals surface area contributed by atoms with Gasteiger partial charge in [-0.2, -0.15) is 9.78 Å². The van der Waals surface area contributed by atoms with Crippen LogP contribution in [0.4, 0.5) is 4.79 Å². The molecule has 0 saturated heterocycles. The van der Waals surface area contributed by atoms with Crippen LogP contribution in [0.1, 0.15) is 12.6 Å². The Balaban J connectivity index is 2.51. The van der Waals surface area contributed by atoms with E-state index >= 15 is 0 Å². The van der Waals surface area contributed by atoms with Crippen molar-refractivity contribution in [1.29, 1.82) is 0 Å². The van der Waals surface area contributed by atoms with E-state index in [0.717, 1.165) is 5.69 Å². The Morgan fingerprint density at radius 1 is 1.50 bits per heavy atom. The first-order valence-corrected chi connectivity index (χ1v) is 6.76. The molecule has 0 bridgehead atoms. The third-order valence-corrected chi connectivity index (χ3v) is 3.34. The van der Waals surface area contributed by atoms with Gasteiger partial charge in [-0.1, -0.05) is 18.2 Å². The Kier molecular flexibility index (Phi) is 4.41. The number of benzene rings is 1. The third-order valence-electron chi connectivity index (χ3n) is 2.54. The standard InChI is InChI=1S/C13H14BrN3O3/c1-8(18)7-10-11(14)12(20-13(15)19)17(16-10)9-5-3-2-4-6-9/h2-6,8,18H,7H2,1H3,(H2,15,19). The van der Waals surface area contributed by atoms with Gasteiger partial charge in [-0.3, -0.25) is 0 Å². The van der Waals surface area contributed by atoms with Crippen molar-refractivity contribution < 1.29 is 14.6 Å². The molecule has 1 aromatic carbocycles. The topological polar surface area (TPSA) is 90.4 Å². The largest absolute Gasteiger partial charge is 0.411 e. The monoisotopic (exact) mass is 339 g/mol. The quantitative estimate of drug-likeness (QED) is 0.891. The summed E-state index contributed by atoms with van der Waals surface area (Å²) >= 11 is 3.33. The summed E-state index contributed by atoms with van der Waals surface area (Å²) in [4.78, 5) is 11.0. The molecule has 2 rings (SSSR count). The van der Waals surface area contributed by atoms with Crippen LogP contribution in [0.25, 0.3) is 5.69 Å². The first-order valence-electron chi connectivity index (χ1n) is 5.97. The van der Waals surface area contributed by atoms with Gasteiger partial charge in [0.1, 0.15) is 4.47 Å². The highest BCUT2D eigenvalue weighted by Crippen LogP contribution is 2.32. The lowest BCUT2D eigenvalue weighted by Gasteiger charge is -2.06. The Hall–Kier alpha value is -1.86. The highest BCUT2D eigenvalue weighted by atomic mass is 79.9. The number of para-hydroxylation sites is 1. The summed E-state index contributed by atoms with van der Waals surface area (Å²) in [5.41, 5.74) is 6.39. The fourth-order valence-corrected chi connectivity index (χ4v) is 2.25. The van der Waals surface area contributed by atoms with E-state index in [-0.39, 0.29) is 5.88 Å². The first-order chi connectivity index (χ1) is 9.49. The van der Waals surface area contributed by atoms with Gasteiger partial charge in [-0.25, -0.2) is 4.79 Å². The third kappa shape index (κ3) is 3.17. The van der Waals surface area contributed by atoms with Crippen molar-refractivity contribution in [3.63, 3.8) is 0 Å². The van der Waals surface area contributed by atoms with Crippen molar-refractivity contribution >= 4 is 22.0 Å². The molecule has 0 saturated carbocycles. The molecule has 0 fully saturated rings. The molecule has 0 aliphatic rings. The lowest BCUT2D eigenvalue weighted by Crippen LogP contribution is -2.18. The van der Waals surface area contributed by atoms with E-state index in [9.17, 15) is 9.90 Å². The molecule has 1 atom stereocenters. The van der Waals surface area contributed by atoms with Crippen molar-refractivity contribution in [3.8, 4) is 11.6 Å². The number of hydrogen-bond donors (Lipinski definition) is 2. The minimum absolute atomic E-state index is 0.194. The molecular formula is C13H14BrN3O3. The highest BCUT2D eigenvalue weighted by molar-refractivity contribution is 9.10. The van der Waals surface area contributed by atoms with Gasteiger partial charge >= 0.3 is 6.09 Å². The van der Waals surface area contributed by atoms with Crippen molar-refractivity contribution in [3.05, 3.63) is 40.5 Å². The smallest absolute Gasteiger partial charge is 0.393 e. The zero-order valence-corrected chi connectivity index (χ0v) is 12.4. The Labute approximate surface area is 124 Å². The maximum Gasteiger partial charge on any atom is 0.411 e. The van der Waals surface area contributed by atoms with Gasteiger partial charge in [-0.15, -0.1) is 0 Å². The van der Waals surface area contributed by atoms with E-state index in [1.165, 1.54) is 4.68 Å².